The Labute approximate surface area is 212 Å². The zero-order valence-electron chi connectivity index (χ0n) is 18.6. The molecule has 0 saturated carbocycles. The summed E-state index contributed by atoms with van der Waals surface area (Å²) in [5.41, 5.74) is 3.12. The Hall–Kier alpha value is -3.13. The van der Waals surface area contributed by atoms with Gasteiger partial charge in [-0.1, -0.05) is 47.5 Å². The van der Waals surface area contributed by atoms with Crippen molar-refractivity contribution in [3.05, 3.63) is 87.1 Å². The normalized spacial score (nSPS) is 10.8. The Balaban J connectivity index is 1.74. The van der Waals surface area contributed by atoms with Crippen molar-refractivity contribution in [2.75, 3.05) is 11.9 Å². The van der Waals surface area contributed by atoms with Gasteiger partial charge in [0.25, 0.3) is 0 Å². The first-order valence-corrected chi connectivity index (χ1v) is 11.8. The number of rotatable bonds is 7. The fourth-order valence-electron chi connectivity index (χ4n) is 3.53. The highest BCUT2D eigenvalue weighted by atomic mass is 35.5. The number of nitrogens with one attached hydrogen (secondary N) is 1. The quantitative estimate of drug-likeness (QED) is 0.279. The van der Waals surface area contributed by atoms with Gasteiger partial charge in [0.1, 0.15) is 12.3 Å². The van der Waals surface area contributed by atoms with Gasteiger partial charge in [0.05, 0.1) is 23.0 Å². The summed E-state index contributed by atoms with van der Waals surface area (Å²) >= 11 is 18.3. The minimum absolute atomic E-state index is 0.0870. The lowest BCUT2D eigenvalue weighted by Gasteiger charge is -2.11. The number of ether oxygens (including phenoxy) is 1. The van der Waals surface area contributed by atoms with E-state index < -0.39 is 0 Å². The van der Waals surface area contributed by atoms with E-state index in [0.29, 0.717) is 44.2 Å². The Morgan fingerprint density at radius 2 is 1.88 bits per heavy atom. The van der Waals surface area contributed by atoms with Crippen LogP contribution in [0.2, 0.25) is 10.0 Å². The lowest BCUT2D eigenvalue weighted by atomic mass is 10.2. The highest BCUT2D eigenvalue weighted by molar-refractivity contribution is 7.71. The highest BCUT2D eigenvalue weighted by Crippen LogP contribution is 2.31. The third-order valence-corrected chi connectivity index (χ3v) is 5.97. The Kier molecular flexibility index (Phi) is 7.36. The summed E-state index contributed by atoms with van der Waals surface area (Å²) in [6, 6.07) is 20.3. The second-order valence-electron chi connectivity index (χ2n) is 7.54. The van der Waals surface area contributed by atoms with Crippen LogP contribution in [0.3, 0.4) is 0 Å². The summed E-state index contributed by atoms with van der Waals surface area (Å²) < 4.78 is 9.25. The second-order valence-corrected chi connectivity index (χ2v) is 8.75. The molecule has 0 aliphatic carbocycles. The average molecular weight is 513 g/mol. The number of nitrogens with zero attached hydrogens (tertiary/aromatic N) is 3. The third kappa shape index (κ3) is 5.17. The van der Waals surface area contributed by atoms with Crippen LogP contribution >= 0.6 is 35.4 Å². The molecule has 0 atom stereocenters. The molecule has 0 spiro atoms. The van der Waals surface area contributed by atoms with Gasteiger partial charge in [-0.25, -0.2) is 4.68 Å². The maximum atomic E-state index is 12.9. The number of carbonyl (C=O) groups excluding carboxylic acids is 1. The minimum atomic E-state index is -0.286. The number of halogens is 2. The SMILES string of the molecule is CCOc1ccccc1NC(=O)Cn1nc(-c2ccc(Cl)cc2Cl)n(-c2cccc(C)c2)c1=S. The van der Waals surface area contributed by atoms with E-state index in [1.54, 1.807) is 34.9 Å². The van der Waals surface area contributed by atoms with Gasteiger partial charge >= 0.3 is 0 Å². The zero-order chi connectivity index (χ0) is 24.2. The summed E-state index contributed by atoms with van der Waals surface area (Å²) in [7, 11) is 0. The van der Waals surface area contributed by atoms with Gasteiger partial charge < -0.3 is 10.1 Å². The van der Waals surface area contributed by atoms with Crippen LogP contribution in [0.25, 0.3) is 17.1 Å². The molecule has 9 heteroatoms. The van der Waals surface area contributed by atoms with Crippen molar-refractivity contribution in [2.45, 2.75) is 20.4 Å². The Morgan fingerprint density at radius 3 is 2.62 bits per heavy atom. The van der Waals surface area contributed by atoms with E-state index in [2.05, 4.69) is 10.4 Å². The predicted molar refractivity (Wildman–Crippen MR) is 139 cm³/mol. The Morgan fingerprint density at radius 1 is 1.09 bits per heavy atom. The van der Waals surface area contributed by atoms with E-state index in [1.165, 1.54) is 4.68 Å². The van der Waals surface area contributed by atoms with Crippen molar-refractivity contribution < 1.29 is 9.53 Å². The lowest BCUT2D eigenvalue weighted by molar-refractivity contribution is -0.116. The first-order chi connectivity index (χ1) is 16.4. The number of benzene rings is 3. The summed E-state index contributed by atoms with van der Waals surface area (Å²) in [6.07, 6.45) is 0. The van der Waals surface area contributed by atoms with Crippen molar-refractivity contribution in [3.8, 4) is 22.8 Å². The molecule has 1 aromatic heterocycles. The number of hydrogen-bond donors (Lipinski definition) is 1. The molecule has 3 aromatic carbocycles. The fraction of sp³-hybridized carbons (Fsp3) is 0.160. The second kappa shape index (κ2) is 10.4. The van der Waals surface area contributed by atoms with E-state index in [9.17, 15) is 4.79 Å². The highest BCUT2D eigenvalue weighted by Gasteiger charge is 2.19. The molecular formula is C25H22Cl2N4O2S. The minimum Gasteiger partial charge on any atom is -0.492 e. The summed E-state index contributed by atoms with van der Waals surface area (Å²) in [5.74, 6) is 0.826. The maximum absolute atomic E-state index is 12.9. The first kappa shape index (κ1) is 24.0. The first-order valence-electron chi connectivity index (χ1n) is 10.6. The van der Waals surface area contributed by atoms with Crippen LogP contribution in [0, 0.1) is 11.7 Å². The van der Waals surface area contributed by atoms with Crippen LogP contribution < -0.4 is 10.1 Å². The molecule has 4 rings (SSSR count). The van der Waals surface area contributed by atoms with Gasteiger partial charge in [-0.05, 0) is 74.1 Å². The topological polar surface area (TPSA) is 61.1 Å². The van der Waals surface area contributed by atoms with Crippen LogP contribution in [-0.2, 0) is 11.3 Å². The molecule has 0 radical (unpaired) electrons. The van der Waals surface area contributed by atoms with E-state index >= 15 is 0 Å². The van der Waals surface area contributed by atoms with Gasteiger partial charge in [-0.15, -0.1) is 0 Å². The molecule has 0 fully saturated rings. The van der Waals surface area contributed by atoms with Gasteiger partial charge in [0, 0.05) is 10.6 Å². The Bertz CT molecular complexity index is 1410. The third-order valence-electron chi connectivity index (χ3n) is 5.03. The van der Waals surface area contributed by atoms with Crippen molar-refractivity contribution in [1.82, 2.24) is 14.3 Å². The summed E-state index contributed by atoms with van der Waals surface area (Å²) in [6.45, 7) is 4.29. The molecule has 1 heterocycles. The van der Waals surface area contributed by atoms with Crippen molar-refractivity contribution in [3.63, 3.8) is 0 Å². The molecule has 0 bridgehead atoms. The van der Waals surface area contributed by atoms with Crippen molar-refractivity contribution >= 4 is 47.0 Å². The molecule has 34 heavy (non-hydrogen) atoms. The summed E-state index contributed by atoms with van der Waals surface area (Å²) in [5, 5.41) is 8.51. The zero-order valence-corrected chi connectivity index (χ0v) is 20.9. The predicted octanol–water partition coefficient (Wildman–Crippen LogP) is 6.72. The number of amides is 1. The van der Waals surface area contributed by atoms with Gasteiger partial charge in [0.2, 0.25) is 10.7 Å². The van der Waals surface area contributed by atoms with Crippen LogP contribution in [0.4, 0.5) is 5.69 Å². The summed E-state index contributed by atoms with van der Waals surface area (Å²) in [4.78, 5) is 12.9. The lowest BCUT2D eigenvalue weighted by Crippen LogP contribution is -2.20. The number of carbonyl (C=O) groups is 1. The maximum Gasteiger partial charge on any atom is 0.246 e. The molecule has 6 nitrogen and oxygen atoms in total. The number of aromatic nitrogens is 3. The van der Waals surface area contributed by atoms with Crippen LogP contribution in [0.15, 0.2) is 66.7 Å². The molecular weight excluding hydrogens is 491 g/mol. The molecule has 4 aromatic rings. The average Bonchev–Trinajstić information content (AvgIpc) is 3.10. The number of para-hydroxylation sites is 2. The van der Waals surface area contributed by atoms with Gasteiger partial charge in [-0.2, -0.15) is 5.10 Å². The molecule has 1 N–H and O–H groups in total. The molecule has 174 valence electrons. The van der Waals surface area contributed by atoms with Gasteiger partial charge in [0.15, 0.2) is 5.82 Å². The fourth-order valence-corrected chi connectivity index (χ4v) is 4.32. The van der Waals surface area contributed by atoms with E-state index in [4.69, 9.17) is 40.2 Å². The van der Waals surface area contributed by atoms with E-state index in [-0.39, 0.29) is 12.5 Å². The monoisotopic (exact) mass is 512 g/mol. The number of anilines is 1. The molecule has 0 saturated heterocycles. The molecule has 0 unspecified atom stereocenters. The molecule has 0 aliphatic rings. The van der Waals surface area contributed by atoms with Crippen LogP contribution in [-0.4, -0.2) is 26.9 Å². The number of hydrogen-bond acceptors (Lipinski definition) is 4. The molecule has 0 aliphatic heterocycles. The smallest absolute Gasteiger partial charge is 0.246 e. The van der Waals surface area contributed by atoms with E-state index in [0.717, 1.165) is 11.3 Å². The van der Waals surface area contributed by atoms with E-state index in [1.807, 2.05) is 50.2 Å². The van der Waals surface area contributed by atoms with Crippen molar-refractivity contribution in [2.24, 2.45) is 0 Å². The standard InChI is InChI=1S/C25H22Cl2N4O2S/c1-3-33-22-10-5-4-9-21(22)28-23(32)15-30-25(34)31(18-8-6-7-16(2)13-18)24(29-30)19-12-11-17(26)14-20(19)27/h4-14H,3,15H2,1-2H3,(H,28,32). The largest absolute Gasteiger partial charge is 0.492 e. The van der Waals surface area contributed by atoms with Crippen molar-refractivity contribution in [1.29, 1.82) is 0 Å². The van der Waals surface area contributed by atoms with Gasteiger partial charge in [-0.3, -0.25) is 9.36 Å². The van der Waals surface area contributed by atoms with Crippen LogP contribution in [0.1, 0.15) is 12.5 Å². The number of aryl methyl sites for hydroxylation is 1. The molecule has 1 amide bonds. The van der Waals surface area contributed by atoms with Crippen LogP contribution in [0.5, 0.6) is 5.75 Å².